The SMILES string of the molecule is Cc1cn(C)c(C2CCCN(C(=O)C3(c4ccccc4F)CC3)C2)n1. The van der Waals surface area contributed by atoms with Crippen LogP contribution in [0.2, 0.25) is 0 Å². The van der Waals surface area contributed by atoms with Gasteiger partial charge in [0, 0.05) is 37.8 Å². The van der Waals surface area contributed by atoms with Crippen LogP contribution >= 0.6 is 0 Å². The molecule has 5 heteroatoms. The molecule has 0 bridgehead atoms. The summed E-state index contributed by atoms with van der Waals surface area (Å²) in [6, 6.07) is 6.73. The van der Waals surface area contributed by atoms with Crippen LogP contribution in [0.3, 0.4) is 0 Å². The number of aryl methyl sites for hydroxylation is 2. The molecule has 1 aromatic carbocycles. The molecule has 2 aliphatic rings. The Labute approximate surface area is 147 Å². The summed E-state index contributed by atoms with van der Waals surface area (Å²) in [5.74, 6) is 1.13. The summed E-state index contributed by atoms with van der Waals surface area (Å²) in [4.78, 5) is 19.8. The lowest BCUT2D eigenvalue weighted by molar-refractivity contribution is -0.135. The summed E-state index contributed by atoms with van der Waals surface area (Å²) in [7, 11) is 2.01. The van der Waals surface area contributed by atoms with Crippen molar-refractivity contribution in [3.05, 3.63) is 53.4 Å². The monoisotopic (exact) mass is 341 g/mol. The summed E-state index contributed by atoms with van der Waals surface area (Å²) in [5.41, 5.74) is 0.936. The highest BCUT2D eigenvalue weighted by atomic mass is 19.1. The Morgan fingerprint density at radius 2 is 2.08 bits per heavy atom. The number of carbonyl (C=O) groups is 1. The molecule has 1 amide bonds. The normalized spacial score (nSPS) is 22.0. The van der Waals surface area contributed by atoms with Crippen LogP contribution in [-0.4, -0.2) is 33.4 Å². The molecule has 1 aromatic heterocycles. The Kier molecular flexibility index (Phi) is 3.89. The number of benzene rings is 1. The fraction of sp³-hybridized carbons (Fsp3) is 0.500. The van der Waals surface area contributed by atoms with Crippen LogP contribution in [0.15, 0.2) is 30.5 Å². The second kappa shape index (κ2) is 5.97. The first kappa shape index (κ1) is 16.3. The minimum atomic E-state index is -0.634. The number of hydrogen-bond acceptors (Lipinski definition) is 2. The van der Waals surface area contributed by atoms with Crippen LogP contribution in [-0.2, 0) is 17.3 Å². The molecule has 1 aliphatic heterocycles. The van der Waals surface area contributed by atoms with Crippen LogP contribution in [0.25, 0.3) is 0 Å². The lowest BCUT2D eigenvalue weighted by Gasteiger charge is -2.35. The van der Waals surface area contributed by atoms with E-state index in [0.717, 1.165) is 43.7 Å². The van der Waals surface area contributed by atoms with Crippen molar-refractivity contribution in [3.63, 3.8) is 0 Å². The van der Waals surface area contributed by atoms with Crippen molar-refractivity contribution in [2.75, 3.05) is 13.1 Å². The van der Waals surface area contributed by atoms with Crippen molar-refractivity contribution in [1.82, 2.24) is 14.5 Å². The largest absolute Gasteiger partial charge is 0.341 e. The zero-order chi connectivity index (χ0) is 17.6. The van der Waals surface area contributed by atoms with Gasteiger partial charge < -0.3 is 9.47 Å². The highest BCUT2D eigenvalue weighted by Gasteiger charge is 2.54. The van der Waals surface area contributed by atoms with Gasteiger partial charge in [-0.3, -0.25) is 4.79 Å². The smallest absolute Gasteiger partial charge is 0.233 e. The van der Waals surface area contributed by atoms with E-state index in [1.54, 1.807) is 12.1 Å². The highest BCUT2D eigenvalue weighted by molar-refractivity contribution is 5.91. The lowest BCUT2D eigenvalue weighted by Crippen LogP contribution is -2.45. The van der Waals surface area contributed by atoms with E-state index in [1.807, 2.05) is 31.1 Å². The fourth-order valence-electron chi connectivity index (χ4n) is 4.26. The van der Waals surface area contributed by atoms with Gasteiger partial charge in [-0.15, -0.1) is 0 Å². The Morgan fingerprint density at radius 1 is 1.32 bits per heavy atom. The number of carbonyl (C=O) groups excluding carboxylic acids is 1. The zero-order valence-electron chi connectivity index (χ0n) is 14.8. The number of likely N-dealkylation sites (tertiary alicyclic amines) is 1. The summed E-state index contributed by atoms with van der Waals surface area (Å²) in [6.07, 6.45) is 5.53. The van der Waals surface area contributed by atoms with Gasteiger partial charge in [0.05, 0.1) is 11.1 Å². The molecule has 1 atom stereocenters. The predicted molar refractivity (Wildman–Crippen MR) is 93.8 cm³/mol. The van der Waals surface area contributed by atoms with Crippen molar-refractivity contribution in [2.24, 2.45) is 7.05 Å². The Balaban J connectivity index is 1.57. The molecule has 2 heterocycles. The summed E-state index contributed by atoms with van der Waals surface area (Å²) in [6.45, 7) is 3.43. The molecule has 1 saturated carbocycles. The molecular weight excluding hydrogens is 317 g/mol. The Bertz CT molecular complexity index is 809. The number of imidazole rings is 1. The Morgan fingerprint density at radius 3 is 2.72 bits per heavy atom. The number of hydrogen-bond donors (Lipinski definition) is 0. The zero-order valence-corrected chi connectivity index (χ0v) is 14.8. The van der Waals surface area contributed by atoms with Gasteiger partial charge in [0.1, 0.15) is 11.6 Å². The van der Waals surface area contributed by atoms with Crippen molar-refractivity contribution >= 4 is 5.91 Å². The average Bonchev–Trinajstić information content (AvgIpc) is 3.34. The second-order valence-corrected chi connectivity index (χ2v) is 7.50. The van der Waals surface area contributed by atoms with Crippen molar-refractivity contribution in [3.8, 4) is 0 Å². The van der Waals surface area contributed by atoms with Gasteiger partial charge in [-0.1, -0.05) is 18.2 Å². The van der Waals surface area contributed by atoms with Crippen molar-refractivity contribution in [1.29, 1.82) is 0 Å². The minimum absolute atomic E-state index is 0.0910. The maximum absolute atomic E-state index is 14.3. The molecule has 25 heavy (non-hydrogen) atoms. The van der Waals surface area contributed by atoms with Crippen molar-refractivity contribution in [2.45, 2.75) is 43.9 Å². The first-order valence-electron chi connectivity index (χ1n) is 9.05. The summed E-state index contributed by atoms with van der Waals surface area (Å²) >= 11 is 0. The van der Waals surface area contributed by atoms with Gasteiger partial charge in [-0.25, -0.2) is 9.37 Å². The second-order valence-electron chi connectivity index (χ2n) is 7.50. The molecule has 4 rings (SSSR count). The third-order valence-electron chi connectivity index (χ3n) is 5.66. The van der Waals surface area contributed by atoms with Gasteiger partial charge >= 0.3 is 0 Å². The first-order chi connectivity index (χ1) is 12.0. The number of nitrogens with zero attached hydrogens (tertiary/aromatic N) is 3. The quantitative estimate of drug-likeness (QED) is 0.859. The van der Waals surface area contributed by atoms with E-state index in [4.69, 9.17) is 0 Å². The van der Waals surface area contributed by atoms with Gasteiger partial charge in [-0.2, -0.15) is 0 Å². The van der Waals surface area contributed by atoms with E-state index in [9.17, 15) is 9.18 Å². The van der Waals surface area contributed by atoms with Crippen LogP contribution in [0.1, 0.15) is 48.7 Å². The molecule has 4 nitrogen and oxygen atoms in total. The molecule has 1 aliphatic carbocycles. The maximum Gasteiger partial charge on any atom is 0.233 e. The average molecular weight is 341 g/mol. The molecule has 2 fully saturated rings. The van der Waals surface area contributed by atoms with E-state index in [0.29, 0.717) is 12.1 Å². The number of amides is 1. The highest BCUT2D eigenvalue weighted by Crippen LogP contribution is 2.51. The third kappa shape index (κ3) is 2.75. The molecule has 2 aromatic rings. The van der Waals surface area contributed by atoms with Gasteiger partial charge in [-0.05, 0) is 38.7 Å². The van der Waals surface area contributed by atoms with Crippen LogP contribution in [0.4, 0.5) is 4.39 Å². The molecule has 1 unspecified atom stereocenters. The molecule has 0 spiro atoms. The third-order valence-corrected chi connectivity index (χ3v) is 5.66. The topological polar surface area (TPSA) is 38.1 Å². The first-order valence-corrected chi connectivity index (χ1v) is 9.05. The standard InChI is InChI=1S/C20H24FN3O/c1-14-12-23(2)18(22-14)15-6-5-11-24(13-15)19(25)20(9-10-20)16-7-3-4-8-17(16)21/h3-4,7-8,12,15H,5-6,9-11,13H2,1-2H3. The predicted octanol–water partition coefficient (Wildman–Crippen LogP) is 3.31. The number of halogens is 1. The molecule has 0 N–H and O–H groups in total. The van der Waals surface area contributed by atoms with Gasteiger partial charge in [0.2, 0.25) is 5.91 Å². The summed E-state index contributed by atoms with van der Waals surface area (Å²) in [5, 5.41) is 0. The van der Waals surface area contributed by atoms with E-state index in [2.05, 4.69) is 9.55 Å². The van der Waals surface area contributed by atoms with E-state index in [1.165, 1.54) is 6.07 Å². The molecule has 132 valence electrons. The number of piperidine rings is 1. The minimum Gasteiger partial charge on any atom is -0.341 e. The van der Waals surface area contributed by atoms with Crippen LogP contribution < -0.4 is 0 Å². The molecule has 1 saturated heterocycles. The molecule has 0 radical (unpaired) electrons. The lowest BCUT2D eigenvalue weighted by atomic mass is 9.90. The summed E-state index contributed by atoms with van der Waals surface area (Å²) < 4.78 is 16.3. The van der Waals surface area contributed by atoms with Gasteiger partial charge in [0.25, 0.3) is 0 Å². The van der Waals surface area contributed by atoms with Crippen molar-refractivity contribution < 1.29 is 9.18 Å². The van der Waals surface area contributed by atoms with E-state index in [-0.39, 0.29) is 17.6 Å². The van der Waals surface area contributed by atoms with E-state index >= 15 is 0 Å². The molecular formula is C20H24FN3O. The Hall–Kier alpha value is -2.17. The fourth-order valence-corrected chi connectivity index (χ4v) is 4.26. The number of aromatic nitrogens is 2. The van der Waals surface area contributed by atoms with Crippen LogP contribution in [0.5, 0.6) is 0 Å². The van der Waals surface area contributed by atoms with E-state index < -0.39 is 5.41 Å². The maximum atomic E-state index is 14.3. The van der Waals surface area contributed by atoms with Gasteiger partial charge in [0.15, 0.2) is 0 Å². The van der Waals surface area contributed by atoms with Crippen LogP contribution in [0, 0.1) is 12.7 Å². The number of rotatable bonds is 3.